The van der Waals surface area contributed by atoms with Crippen LogP contribution in [-0.4, -0.2) is 48.6 Å². The molecule has 0 aliphatic carbocycles. The summed E-state index contributed by atoms with van der Waals surface area (Å²) in [5, 5.41) is 3.25. The van der Waals surface area contributed by atoms with Gasteiger partial charge < -0.3 is 10.2 Å². The molecule has 0 heterocycles. The molecule has 0 spiro atoms. The molecule has 2 atom stereocenters. The molecule has 0 aromatic rings. The van der Waals surface area contributed by atoms with Gasteiger partial charge in [0.25, 0.3) is 0 Å². The molecule has 310 valence electrons. The van der Waals surface area contributed by atoms with Crippen molar-refractivity contribution in [2.45, 2.75) is 246 Å². The normalized spacial score (nSPS) is 12.8. The van der Waals surface area contributed by atoms with E-state index in [-0.39, 0.29) is 5.91 Å². The minimum absolute atomic E-state index is 0.271. The molecule has 0 rings (SSSR count). The smallest absolute Gasteiger partial charge is 0.220 e. The summed E-state index contributed by atoms with van der Waals surface area (Å²) in [6, 6.07) is 0. The van der Waals surface area contributed by atoms with Crippen molar-refractivity contribution in [3.8, 4) is 0 Å². The van der Waals surface area contributed by atoms with Crippen LogP contribution in [0.15, 0.2) is 0 Å². The molecule has 0 bridgehead atoms. The predicted octanol–water partition coefficient (Wildman–Crippen LogP) is 14.8. The minimum Gasteiger partial charge on any atom is -0.356 e. The fourth-order valence-electron chi connectivity index (χ4n) is 7.93. The molecule has 5 heteroatoms. The lowest BCUT2D eigenvalue weighted by atomic mass is 9.89. The average Bonchev–Trinajstić information content (AvgIpc) is 3.13. The number of amides is 1. The molecule has 0 aromatic carbocycles. The molecule has 2 unspecified atom stereocenters. The largest absolute Gasteiger partial charge is 0.356 e. The first kappa shape index (κ1) is 51.4. The molecular formula is C47H93ClN2O2. The number of hydrogen-bond acceptors (Lipinski definition) is 3. The second-order valence-corrected chi connectivity index (χ2v) is 17.0. The number of nitrogens with one attached hydrogen (secondary N) is 1. The molecule has 1 amide bonds. The van der Waals surface area contributed by atoms with Gasteiger partial charge in [-0.05, 0) is 63.5 Å². The van der Waals surface area contributed by atoms with Crippen LogP contribution >= 0.6 is 11.6 Å². The van der Waals surface area contributed by atoms with Gasteiger partial charge >= 0.3 is 0 Å². The van der Waals surface area contributed by atoms with Gasteiger partial charge in [0.15, 0.2) is 0 Å². The summed E-state index contributed by atoms with van der Waals surface area (Å²) >= 11 is 6.16. The number of carbonyl (C=O) groups excluding carboxylic acids is 2. The van der Waals surface area contributed by atoms with Crippen LogP contribution in [0.2, 0.25) is 0 Å². The first-order chi connectivity index (χ1) is 25.5. The monoisotopic (exact) mass is 753 g/mol. The lowest BCUT2D eigenvalue weighted by molar-refractivity contribution is -0.122. The van der Waals surface area contributed by atoms with Gasteiger partial charge in [-0.2, -0.15) is 0 Å². The Morgan fingerprint density at radius 3 is 1.33 bits per heavy atom. The van der Waals surface area contributed by atoms with E-state index in [1.807, 2.05) is 0 Å². The second-order valence-electron chi connectivity index (χ2n) is 16.6. The quantitative estimate of drug-likeness (QED) is 0.0498. The van der Waals surface area contributed by atoms with Crippen molar-refractivity contribution in [2.24, 2.45) is 11.8 Å². The van der Waals surface area contributed by atoms with Gasteiger partial charge in [-0.25, -0.2) is 0 Å². The third-order valence-electron chi connectivity index (χ3n) is 11.4. The Balaban J connectivity index is 4.21. The Bertz CT molecular complexity index is 689. The summed E-state index contributed by atoms with van der Waals surface area (Å²) in [7, 11) is 0. The number of hydrogen-bond donors (Lipinski definition) is 1. The fourth-order valence-corrected chi connectivity index (χ4v) is 8.17. The molecule has 1 N–H and O–H groups in total. The topological polar surface area (TPSA) is 49.4 Å². The Morgan fingerprint density at radius 2 is 0.846 bits per heavy atom. The van der Waals surface area contributed by atoms with E-state index >= 15 is 0 Å². The average molecular weight is 754 g/mol. The summed E-state index contributed by atoms with van der Waals surface area (Å²) in [5.41, 5.74) is 0. The molecule has 0 aromatic heterocycles. The van der Waals surface area contributed by atoms with Crippen molar-refractivity contribution >= 4 is 23.3 Å². The van der Waals surface area contributed by atoms with Crippen molar-refractivity contribution in [3.63, 3.8) is 0 Å². The molecule has 0 fully saturated rings. The summed E-state index contributed by atoms with van der Waals surface area (Å²) in [6.07, 6.45) is 41.8. The van der Waals surface area contributed by atoms with E-state index in [2.05, 4.69) is 37.9 Å². The van der Waals surface area contributed by atoms with Crippen LogP contribution in [0.3, 0.4) is 0 Å². The van der Waals surface area contributed by atoms with Gasteiger partial charge in [0.2, 0.25) is 5.91 Å². The summed E-state index contributed by atoms with van der Waals surface area (Å²) in [4.78, 5) is 28.2. The zero-order valence-corrected chi connectivity index (χ0v) is 36.6. The van der Waals surface area contributed by atoms with E-state index in [4.69, 9.17) is 11.6 Å². The number of carbonyl (C=O) groups is 2. The van der Waals surface area contributed by atoms with E-state index in [0.29, 0.717) is 23.5 Å². The maximum atomic E-state index is 12.9. The SMILES string of the molecule is CCCCCCCCC(CCCCCC)CC(=O)CCCCCCN(CCCl)CCCCCNC(=O)CC(CCCCCC)CCCCCCCC. The second kappa shape index (κ2) is 41.6. The maximum absolute atomic E-state index is 12.9. The number of ketones is 1. The number of Topliss-reactive ketones (excluding diaryl/α,β-unsaturated/α-hetero) is 1. The summed E-state index contributed by atoms with van der Waals surface area (Å²) < 4.78 is 0. The van der Waals surface area contributed by atoms with E-state index in [1.54, 1.807) is 0 Å². The van der Waals surface area contributed by atoms with Gasteiger partial charge in [0, 0.05) is 38.2 Å². The molecule has 4 nitrogen and oxygen atoms in total. The number of alkyl halides is 1. The maximum Gasteiger partial charge on any atom is 0.220 e. The molecule has 0 saturated heterocycles. The van der Waals surface area contributed by atoms with Crippen molar-refractivity contribution in [2.75, 3.05) is 32.1 Å². The van der Waals surface area contributed by atoms with E-state index in [9.17, 15) is 9.59 Å². The first-order valence-corrected chi connectivity index (χ1v) is 24.1. The predicted molar refractivity (Wildman–Crippen MR) is 232 cm³/mol. The van der Waals surface area contributed by atoms with Gasteiger partial charge in [-0.15, -0.1) is 11.6 Å². The van der Waals surface area contributed by atoms with Crippen LogP contribution < -0.4 is 5.32 Å². The van der Waals surface area contributed by atoms with Crippen molar-refractivity contribution in [3.05, 3.63) is 0 Å². The van der Waals surface area contributed by atoms with Crippen LogP contribution in [0.25, 0.3) is 0 Å². The minimum atomic E-state index is 0.271. The van der Waals surface area contributed by atoms with Gasteiger partial charge in [0.05, 0.1) is 0 Å². The molecule has 0 aliphatic heterocycles. The Morgan fingerprint density at radius 1 is 0.462 bits per heavy atom. The standard InChI is InChI=1S/C47H93ClN2O2/c1-5-9-13-17-19-26-33-44(32-24-15-11-7-3)42-46(51)36-28-21-22-30-39-50(41-37-48)40-31-23-29-38-49-47(52)43-45(34-25-16-12-8-4)35-27-20-18-14-10-6-2/h44-45H,5-43H2,1-4H3,(H,49,52). The zero-order chi connectivity index (χ0) is 38.2. The van der Waals surface area contributed by atoms with Crippen LogP contribution in [0.1, 0.15) is 246 Å². The zero-order valence-electron chi connectivity index (χ0n) is 35.9. The third kappa shape index (κ3) is 36.4. The van der Waals surface area contributed by atoms with Crippen molar-refractivity contribution < 1.29 is 9.59 Å². The molecular weight excluding hydrogens is 660 g/mol. The van der Waals surface area contributed by atoms with Crippen molar-refractivity contribution in [1.82, 2.24) is 10.2 Å². The lowest BCUT2D eigenvalue weighted by Crippen LogP contribution is -2.29. The Hall–Kier alpha value is -0.610. The molecule has 0 saturated carbocycles. The summed E-state index contributed by atoms with van der Waals surface area (Å²) in [5.74, 6) is 2.65. The first-order valence-electron chi connectivity index (χ1n) is 23.6. The molecule has 0 radical (unpaired) electrons. The van der Waals surface area contributed by atoms with Crippen LogP contribution in [-0.2, 0) is 9.59 Å². The fraction of sp³-hybridized carbons (Fsp3) is 0.957. The highest BCUT2D eigenvalue weighted by atomic mass is 35.5. The van der Waals surface area contributed by atoms with Crippen LogP contribution in [0.5, 0.6) is 0 Å². The Kier molecular flexibility index (Phi) is 41.1. The number of halogens is 1. The van der Waals surface area contributed by atoms with Gasteiger partial charge in [-0.1, -0.05) is 188 Å². The van der Waals surface area contributed by atoms with Gasteiger partial charge in [-0.3, -0.25) is 9.59 Å². The van der Waals surface area contributed by atoms with Crippen LogP contribution in [0.4, 0.5) is 0 Å². The van der Waals surface area contributed by atoms with Crippen LogP contribution in [0, 0.1) is 11.8 Å². The number of nitrogens with zero attached hydrogens (tertiary/aromatic N) is 1. The molecule has 0 aliphatic rings. The highest BCUT2D eigenvalue weighted by Crippen LogP contribution is 2.24. The number of unbranched alkanes of at least 4 members (excludes halogenated alkanes) is 21. The van der Waals surface area contributed by atoms with Gasteiger partial charge in [0.1, 0.15) is 5.78 Å². The van der Waals surface area contributed by atoms with E-state index < -0.39 is 0 Å². The Labute approximate surface area is 331 Å². The molecule has 52 heavy (non-hydrogen) atoms. The summed E-state index contributed by atoms with van der Waals surface area (Å²) in [6.45, 7) is 13.1. The highest BCUT2D eigenvalue weighted by molar-refractivity contribution is 6.18. The van der Waals surface area contributed by atoms with Crippen molar-refractivity contribution in [1.29, 1.82) is 0 Å². The van der Waals surface area contributed by atoms with E-state index in [1.165, 1.54) is 167 Å². The van der Waals surface area contributed by atoms with E-state index in [0.717, 1.165) is 77.5 Å². The lowest BCUT2D eigenvalue weighted by Gasteiger charge is -2.21. The number of rotatable bonds is 43. The third-order valence-corrected chi connectivity index (χ3v) is 11.6. The highest BCUT2D eigenvalue weighted by Gasteiger charge is 2.15.